The topological polar surface area (TPSA) is 54.3 Å². The van der Waals surface area contributed by atoms with Gasteiger partial charge < -0.3 is 19.2 Å². The Morgan fingerprint density at radius 2 is 1.51 bits per heavy atom. The number of carboxylic acids is 1. The van der Waals surface area contributed by atoms with Crippen molar-refractivity contribution in [3.05, 3.63) is 125 Å². The molecule has 1 heterocycles. The molecule has 0 saturated heterocycles. The van der Waals surface area contributed by atoms with Crippen LogP contribution in [0.3, 0.4) is 0 Å². The van der Waals surface area contributed by atoms with Gasteiger partial charge in [0, 0.05) is 24.4 Å². The Morgan fingerprint density at radius 3 is 2.18 bits per heavy atom. The third-order valence-electron chi connectivity index (χ3n) is 6.62. The Bertz CT molecular complexity index is 1350. The molecule has 0 aliphatic heterocycles. The number of nitrogens with zero attached hydrogens (tertiary/aromatic N) is 1. The molecule has 8 heteroatoms. The predicted octanol–water partition coefficient (Wildman–Crippen LogP) is 2.59. The number of carboxylic acid groups (broad SMARTS) is 1. The van der Waals surface area contributed by atoms with Gasteiger partial charge in [0.15, 0.2) is 0 Å². The van der Waals surface area contributed by atoms with E-state index in [-0.39, 0.29) is 36.0 Å². The van der Waals surface area contributed by atoms with E-state index >= 15 is 0 Å². The summed E-state index contributed by atoms with van der Waals surface area (Å²) >= 11 is 0. The second-order valence-electron chi connectivity index (χ2n) is 9.28. The van der Waals surface area contributed by atoms with Crippen molar-refractivity contribution in [2.24, 2.45) is 0 Å². The molecule has 3 aromatic carbocycles. The second-order valence-corrected chi connectivity index (χ2v) is 9.28. The molecular formula is C31H29F3NNaO3. The van der Waals surface area contributed by atoms with Crippen LogP contribution in [0.5, 0.6) is 5.75 Å². The molecule has 0 unspecified atom stereocenters. The molecule has 0 aliphatic carbocycles. The first-order valence-electron chi connectivity index (χ1n) is 12.5. The molecule has 39 heavy (non-hydrogen) atoms. The summed E-state index contributed by atoms with van der Waals surface area (Å²) in [6.45, 7) is 2.65. The van der Waals surface area contributed by atoms with Crippen molar-refractivity contribution in [3.63, 3.8) is 0 Å². The molecule has 0 saturated carbocycles. The first-order valence-corrected chi connectivity index (χ1v) is 12.5. The molecule has 4 rings (SSSR count). The standard InChI is InChI=1S/C31H30F3NO3.Na/c1-22-11-15-26(16-14-25-9-5-6-10-28(25)31(32,33)34)35(22)20-19-23-12-17-27(18-13-23)38-29(30(36)37)21-24-7-3-2-4-8-24;/h2-13,15,17-18,29H,14,16,19-21H2,1H3,(H,36,37);/q;+1/p-1/t29-;/m1./s1. The summed E-state index contributed by atoms with van der Waals surface area (Å²) < 4.78 is 47.9. The first kappa shape index (κ1) is 30.5. The number of aliphatic carboxylic acids is 1. The van der Waals surface area contributed by atoms with E-state index in [9.17, 15) is 23.1 Å². The van der Waals surface area contributed by atoms with E-state index in [1.54, 1.807) is 18.2 Å². The number of carbonyl (C=O) groups is 1. The van der Waals surface area contributed by atoms with E-state index in [4.69, 9.17) is 4.74 Å². The molecule has 0 radical (unpaired) electrons. The van der Waals surface area contributed by atoms with Gasteiger partial charge in [0.05, 0.1) is 11.5 Å². The number of carbonyl (C=O) groups excluding carboxylic acids is 1. The van der Waals surface area contributed by atoms with Gasteiger partial charge in [0.1, 0.15) is 11.9 Å². The third kappa shape index (κ3) is 8.49. The zero-order chi connectivity index (χ0) is 27.1. The molecule has 0 N–H and O–H groups in total. The summed E-state index contributed by atoms with van der Waals surface area (Å²) in [6.07, 6.45) is -3.76. The SMILES string of the molecule is Cc1ccc(CCc2ccccc2C(F)(F)F)n1CCc1ccc(O[C@H](Cc2ccccc2)C(=O)[O-])cc1.[Na+]. The van der Waals surface area contributed by atoms with Crippen LogP contribution < -0.4 is 39.4 Å². The van der Waals surface area contributed by atoms with E-state index in [0.717, 1.165) is 28.6 Å². The minimum atomic E-state index is -4.37. The number of ether oxygens (including phenoxy) is 1. The van der Waals surface area contributed by atoms with Crippen LogP contribution in [0.2, 0.25) is 0 Å². The van der Waals surface area contributed by atoms with Crippen molar-refractivity contribution in [1.29, 1.82) is 0 Å². The van der Waals surface area contributed by atoms with Crippen LogP contribution in [-0.2, 0) is 43.2 Å². The smallest absolute Gasteiger partial charge is 0.546 e. The normalized spacial score (nSPS) is 12.0. The molecule has 1 aromatic heterocycles. The molecular weight excluding hydrogens is 514 g/mol. The van der Waals surface area contributed by atoms with Crippen LogP contribution in [0.25, 0.3) is 0 Å². The van der Waals surface area contributed by atoms with Crippen molar-refractivity contribution < 1.29 is 57.4 Å². The predicted molar refractivity (Wildman–Crippen MR) is 138 cm³/mol. The van der Waals surface area contributed by atoms with E-state index < -0.39 is 23.8 Å². The van der Waals surface area contributed by atoms with Crippen molar-refractivity contribution in [2.45, 2.75) is 51.4 Å². The maximum atomic E-state index is 13.4. The number of alkyl halides is 3. The first-order chi connectivity index (χ1) is 18.2. The van der Waals surface area contributed by atoms with Crippen LogP contribution in [0.1, 0.15) is 33.6 Å². The number of aromatic nitrogens is 1. The van der Waals surface area contributed by atoms with Crippen molar-refractivity contribution in [1.82, 2.24) is 4.57 Å². The van der Waals surface area contributed by atoms with E-state index in [1.807, 2.05) is 61.5 Å². The van der Waals surface area contributed by atoms with Gasteiger partial charge >= 0.3 is 35.7 Å². The summed E-state index contributed by atoms with van der Waals surface area (Å²) in [7, 11) is 0. The summed E-state index contributed by atoms with van der Waals surface area (Å²) in [4.78, 5) is 11.6. The van der Waals surface area contributed by atoms with Gasteiger partial charge in [0.25, 0.3) is 0 Å². The molecule has 0 amide bonds. The molecule has 4 nitrogen and oxygen atoms in total. The quantitative estimate of drug-likeness (QED) is 0.274. The van der Waals surface area contributed by atoms with Crippen molar-refractivity contribution in [3.8, 4) is 5.75 Å². The van der Waals surface area contributed by atoms with E-state index in [2.05, 4.69) is 4.57 Å². The molecule has 0 bridgehead atoms. The van der Waals surface area contributed by atoms with Gasteiger partial charge in [-0.1, -0.05) is 60.7 Å². The van der Waals surface area contributed by atoms with Gasteiger partial charge in [-0.15, -0.1) is 0 Å². The summed E-state index contributed by atoms with van der Waals surface area (Å²) in [6, 6.07) is 26.2. The Balaban J connectivity index is 0.00000420. The molecule has 0 aliphatic rings. The van der Waals surface area contributed by atoms with Gasteiger partial charge in [0.2, 0.25) is 0 Å². The van der Waals surface area contributed by atoms with Gasteiger partial charge in [-0.2, -0.15) is 13.2 Å². The average molecular weight is 544 g/mol. The molecule has 1 atom stereocenters. The average Bonchev–Trinajstić information content (AvgIpc) is 3.25. The fraction of sp³-hybridized carbons (Fsp3) is 0.258. The largest absolute Gasteiger partial charge is 1.00 e. The molecule has 0 spiro atoms. The van der Waals surface area contributed by atoms with Crippen LogP contribution in [0.15, 0.2) is 91.0 Å². The fourth-order valence-corrected chi connectivity index (χ4v) is 4.58. The summed E-state index contributed by atoms with van der Waals surface area (Å²) in [5, 5.41) is 11.6. The van der Waals surface area contributed by atoms with Crippen molar-refractivity contribution in [2.75, 3.05) is 0 Å². The molecule has 0 fully saturated rings. The van der Waals surface area contributed by atoms with Gasteiger partial charge in [-0.05, 0) is 73.2 Å². The Morgan fingerprint density at radius 1 is 0.846 bits per heavy atom. The second kappa shape index (κ2) is 13.9. The van der Waals surface area contributed by atoms with Crippen molar-refractivity contribution >= 4 is 5.97 Å². The number of benzene rings is 3. The Labute approximate surface area is 248 Å². The Kier molecular flexibility index (Phi) is 10.9. The zero-order valence-corrected chi connectivity index (χ0v) is 24.1. The number of rotatable bonds is 11. The number of aryl methyl sites for hydroxylation is 4. The Hall–Kier alpha value is -3.00. The van der Waals surface area contributed by atoms with Crippen LogP contribution >= 0.6 is 0 Å². The fourth-order valence-electron chi connectivity index (χ4n) is 4.58. The van der Waals surface area contributed by atoms with Crippen LogP contribution in [-0.4, -0.2) is 16.6 Å². The summed E-state index contributed by atoms with van der Waals surface area (Å²) in [5.74, 6) is -0.827. The number of hydrogen-bond donors (Lipinski definition) is 0. The zero-order valence-electron chi connectivity index (χ0n) is 22.1. The molecule has 4 aromatic rings. The monoisotopic (exact) mass is 543 g/mol. The maximum Gasteiger partial charge on any atom is 1.00 e. The van der Waals surface area contributed by atoms with Crippen LogP contribution in [0, 0.1) is 6.92 Å². The van der Waals surface area contributed by atoms with Gasteiger partial charge in [-0.25, -0.2) is 0 Å². The minimum absolute atomic E-state index is 0. The molecule has 198 valence electrons. The van der Waals surface area contributed by atoms with Gasteiger partial charge in [-0.3, -0.25) is 0 Å². The maximum absolute atomic E-state index is 13.4. The van der Waals surface area contributed by atoms with E-state index in [1.165, 1.54) is 12.1 Å². The third-order valence-corrected chi connectivity index (χ3v) is 6.62. The number of halogens is 3. The summed E-state index contributed by atoms with van der Waals surface area (Å²) in [5.41, 5.74) is 3.62. The number of hydrogen-bond acceptors (Lipinski definition) is 3. The van der Waals surface area contributed by atoms with E-state index in [0.29, 0.717) is 37.1 Å². The van der Waals surface area contributed by atoms with Crippen LogP contribution in [0.4, 0.5) is 13.2 Å². The minimum Gasteiger partial charge on any atom is -0.546 e.